The van der Waals surface area contributed by atoms with Crippen molar-refractivity contribution in [3.63, 3.8) is 0 Å². The molecule has 1 saturated carbocycles. The fourth-order valence-electron chi connectivity index (χ4n) is 5.89. The lowest BCUT2D eigenvalue weighted by Gasteiger charge is -2.36. The molecule has 7 rings (SSSR count). The number of nitrogens with zero attached hydrogens (tertiary/aromatic N) is 5. The predicted molar refractivity (Wildman–Crippen MR) is 137 cm³/mol. The SMILES string of the molecule is [2H]C([2H])([2H])N1C(=O)c2cccc(C#CC(F)(F)F)c2[C@H]2C[C@@H]1c1nc3ccc(-c4cnc(C5(N)CCC5)nc4)cc3n12. The minimum Gasteiger partial charge on any atom is -0.331 e. The van der Waals surface area contributed by atoms with Gasteiger partial charge in [0, 0.05) is 58.1 Å². The molecule has 0 saturated heterocycles. The number of alkyl halides is 3. The molecule has 2 aromatic carbocycles. The summed E-state index contributed by atoms with van der Waals surface area (Å²) in [5.41, 5.74) is 8.82. The Balaban J connectivity index is 1.41. The number of fused-ring (bicyclic) bond motifs is 9. The normalized spacial score (nSPS) is 22.5. The first-order valence-corrected chi connectivity index (χ1v) is 12.5. The van der Waals surface area contributed by atoms with E-state index in [0.717, 1.165) is 35.3 Å². The third-order valence-corrected chi connectivity index (χ3v) is 7.99. The average molecular weight is 532 g/mol. The molecule has 2 N–H and O–H groups in total. The van der Waals surface area contributed by atoms with Crippen LogP contribution in [0, 0.1) is 11.8 Å². The molecular weight excluding hydrogens is 505 g/mol. The second kappa shape index (κ2) is 8.13. The monoisotopic (exact) mass is 531 g/mol. The molecule has 1 fully saturated rings. The number of benzene rings is 2. The Bertz CT molecular complexity index is 1830. The van der Waals surface area contributed by atoms with Crippen molar-refractivity contribution in [1.29, 1.82) is 0 Å². The maximum absolute atomic E-state index is 13.7. The van der Waals surface area contributed by atoms with Gasteiger partial charge in [-0.15, -0.1) is 0 Å². The standard InChI is InChI=1S/C29H23F3N6O/c1-37-23-13-22(24-16(8-11-29(30,31)32)4-2-5-19(24)26(37)39)38-21-12-17(6-7-20(21)36-25(23)38)18-14-34-27(35-15-18)28(33)9-3-10-28/h2,4-7,12,14-15,22-23H,3,9-10,13,33H2,1H3/t22-,23-/m1/s1/i1D3. The van der Waals surface area contributed by atoms with Crippen LogP contribution >= 0.6 is 0 Å². The number of hydrogen-bond acceptors (Lipinski definition) is 5. The first kappa shape index (κ1) is 20.7. The van der Waals surface area contributed by atoms with Gasteiger partial charge in [0.1, 0.15) is 11.6 Å². The minimum atomic E-state index is -4.75. The molecular formula is C29H23F3N6O. The van der Waals surface area contributed by atoms with Gasteiger partial charge in [0.2, 0.25) is 0 Å². The number of halogens is 3. The molecule has 7 nitrogen and oxygen atoms in total. The quantitative estimate of drug-likeness (QED) is 0.373. The Hall–Kier alpha value is -4.23. The van der Waals surface area contributed by atoms with Gasteiger partial charge in [0.15, 0.2) is 0 Å². The van der Waals surface area contributed by atoms with E-state index in [9.17, 15) is 18.0 Å². The van der Waals surface area contributed by atoms with E-state index in [-0.39, 0.29) is 23.1 Å². The van der Waals surface area contributed by atoms with Crippen LogP contribution < -0.4 is 5.73 Å². The van der Waals surface area contributed by atoms with Gasteiger partial charge in [0.25, 0.3) is 5.91 Å². The molecule has 196 valence electrons. The van der Waals surface area contributed by atoms with E-state index in [1.165, 1.54) is 24.1 Å². The van der Waals surface area contributed by atoms with Crippen LogP contribution in [0.25, 0.3) is 22.2 Å². The zero-order chi connectivity index (χ0) is 29.6. The van der Waals surface area contributed by atoms with Crippen LogP contribution in [0.5, 0.6) is 0 Å². The Labute approximate surface area is 226 Å². The molecule has 39 heavy (non-hydrogen) atoms. The van der Waals surface area contributed by atoms with Gasteiger partial charge in [-0.25, -0.2) is 15.0 Å². The fraction of sp³-hybridized carbons (Fsp3) is 0.310. The molecule has 2 bridgehead atoms. The first-order valence-electron chi connectivity index (χ1n) is 14.0. The largest absolute Gasteiger partial charge is 0.458 e. The molecule has 3 aliphatic rings. The van der Waals surface area contributed by atoms with Crippen molar-refractivity contribution < 1.29 is 22.1 Å². The van der Waals surface area contributed by atoms with E-state index in [1.807, 2.05) is 16.7 Å². The first-order chi connectivity index (χ1) is 19.8. The second-order valence-electron chi connectivity index (χ2n) is 10.3. The summed E-state index contributed by atoms with van der Waals surface area (Å²) in [5.74, 6) is 3.63. The summed E-state index contributed by atoms with van der Waals surface area (Å²) >= 11 is 0. The zero-order valence-electron chi connectivity index (χ0n) is 23.5. The van der Waals surface area contributed by atoms with Crippen molar-refractivity contribution >= 4 is 16.9 Å². The highest BCUT2D eigenvalue weighted by atomic mass is 19.4. The Morgan fingerprint density at radius 3 is 2.62 bits per heavy atom. The summed E-state index contributed by atoms with van der Waals surface area (Å²) in [7, 11) is 0. The number of imidazole rings is 1. The molecule has 0 unspecified atom stereocenters. The molecule has 4 heterocycles. The maximum Gasteiger partial charge on any atom is 0.458 e. The number of carbonyl (C=O) groups is 1. The van der Waals surface area contributed by atoms with E-state index < -0.39 is 36.7 Å². The lowest BCUT2D eigenvalue weighted by molar-refractivity contribution is -0.0696. The number of hydrogen-bond donors (Lipinski definition) is 1. The Kier molecular flexibility index (Phi) is 4.32. The maximum atomic E-state index is 13.7. The lowest BCUT2D eigenvalue weighted by Crippen LogP contribution is -2.44. The fourth-order valence-corrected chi connectivity index (χ4v) is 5.89. The van der Waals surface area contributed by atoms with Gasteiger partial charge in [0.05, 0.1) is 28.7 Å². The second-order valence-corrected chi connectivity index (χ2v) is 10.3. The van der Waals surface area contributed by atoms with Crippen molar-refractivity contribution in [2.75, 3.05) is 6.98 Å². The summed E-state index contributed by atoms with van der Waals surface area (Å²) in [6, 6.07) is 8.16. The summed E-state index contributed by atoms with van der Waals surface area (Å²) in [6.45, 7) is -2.82. The van der Waals surface area contributed by atoms with Gasteiger partial charge in [-0.1, -0.05) is 18.1 Å². The summed E-state index contributed by atoms with van der Waals surface area (Å²) in [6.07, 6.45) is 1.48. The molecule has 1 aliphatic carbocycles. The molecule has 2 atom stereocenters. The number of nitrogens with two attached hydrogens (primary N) is 1. The summed E-state index contributed by atoms with van der Waals surface area (Å²) in [5, 5.41) is 0. The topological polar surface area (TPSA) is 89.9 Å². The Morgan fingerprint density at radius 2 is 1.92 bits per heavy atom. The van der Waals surface area contributed by atoms with Gasteiger partial charge in [-0.05, 0) is 49.1 Å². The minimum absolute atomic E-state index is 0.00644. The number of amides is 1. The van der Waals surface area contributed by atoms with E-state index in [1.54, 1.807) is 18.5 Å². The molecule has 2 aliphatic heterocycles. The molecule has 2 aromatic heterocycles. The van der Waals surface area contributed by atoms with Crippen LogP contribution in [-0.4, -0.2) is 43.5 Å². The summed E-state index contributed by atoms with van der Waals surface area (Å²) in [4.78, 5) is 28.2. The van der Waals surface area contributed by atoms with E-state index >= 15 is 0 Å². The van der Waals surface area contributed by atoms with Gasteiger partial charge in [-0.3, -0.25) is 4.79 Å². The van der Waals surface area contributed by atoms with Crippen molar-refractivity contribution in [3.8, 4) is 23.0 Å². The average Bonchev–Trinajstić information content (AvgIpc) is 3.42. The highest BCUT2D eigenvalue weighted by molar-refractivity contribution is 5.98. The molecule has 4 aromatic rings. The molecule has 0 spiro atoms. The van der Waals surface area contributed by atoms with Gasteiger partial charge in [-0.2, -0.15) is 13.2 Å². The highest BCUT2D eigenvalue weighted by Gasteiger charge is 2.44. The third-order valence-electron chi connectivity index (χ3n) is 7.99. The third kappa shape index (κ3) is 3.64. The van der Waals surface area contributed by atoms with Gasteiger partial charge >= 0.3 is 6.18 Å². The van der Waals surface area contributed by atoms with Crippen molar-refractivity contribution in [3.05, 3.63) is 77.1 Å². The molecule has 10 heteroatoms. The summed E-state index contributed by atoms with van der Waals surface area (Å²) < 4.78 is 65.6. The van der Waals surface area contributed by atoms with Crippen molar-refractivity contribution in [1.82, 2.24) is 24.4 Å². The van der Waals surface area contributed by atoms with E-state index in [2.05, 4.69) is 15.9 Å². The van der Waals surface area contributed by atoms with E-state index in [0.29, 0.717) is 22.7 Å². The van der Waals surface area contributed by atoms with Gasteiger partial charge < -0.3 is 15.2 Å². The smallest absolute Gasteiger partial charge is 0.331 e. The van der Waals surface area contributed by atoms with Crippen molar-refractivity contribution in [2.45, 2.75) is 49.5 Å². The number of aromatic nitrogens is 4. The molecule has 0 radical (unpaired) electrons. The Morgan fingerprint density at radius 1 is 1.13 bits per heavy atom. The van der Waals surface area contributed by atoms with Crippen LogP contribution in [0.3, 0.4) is 0 Å². The zero-order valence-corrected chi connectivity index (χ0v) is 20.5. The molecule has 1 amide bonds. The van der Waals surface area contributed by atoms with Crippen LogP contribution in [0.4, 0.5) is 13.2 Å². The van der Waals surface area contributed by atoms with Crippen LogP contribution in [0.15, 0.2) is 48.8 Å². The lowest BCUT2D eigenvalue weighted by atomic mass is 9.77. The highest BCUT2D eigenvalue weighted by Crippen LogP contribution is 2.48. The van der Waals surface area contributed by atoms with Crippen LogP contribution in [0.1, 0.15) is 75.0 Å². The van der Waals surface area contributed by atoms with E-state index in [4.69, 9.17) is 14.8 Å². The number of carbonyl (C=O) groups excluding carboxylic acids is 1. The number of rotatable bonds is 2. The van der Waals surface area contributed by atoms with Crippen LogP contribution in [0.2, 0.25) is 0 Å². The predicted octanol–water partition coefficient (Wildman–Crippen LogP) is 4.86. The van der Waals surface area contributed by atoms with Crippen LogP contribution in [-0.2, 0) is 5.54 Å². The van der Waals surface area contributed by atoms with Crippen molar-refractivity contribution in [2.24, 2.45) is 5.73 Å².